The molecule has 3 aromatic rings. The van der Waals surface area contributed by atoms with Gasteiger partial charge in [0.25, 0.3) is 10.0 Å². The molecule has 8 nitrogen and oxygen atoms in total. The Labute approximate surface area is 261 Å². The highest BCUT2D eigenvalue weighted by molar-refractivity contribution is 7.92. The van der Waals surface area contributed by atoms with Gasteiger partial charge in [-0.3, -0.25) is 13.9 Å². The first-order valence-corrected chi connectivity index (χ1v) is 16.0. The maximum atomic E-state index is 14.1. The number of nitrogens with zero attached hydrogens (tertiary/aromatic N) is 2. The van der Waals surface area contributed by atoms with Crippen molar-refractivity contribution in [2.24, 2.45) is 0 Å². The fraction of sp³-hybridized carbons (Fsp3) is 0.333. The standard InChI is InChI=1S/C30H32Cl3N3O5S/c1-20(30(38)34-23-8-6-7-9-23)35(18-21-12-13-22(31)16-26(21)32)29(37)19-36(24-14-15-28(41-2)27(33)17-24)42(39,40)25-10-4-3-5-11-25/h3-5,10-17,20,23H,6-9,18-19H2,1-2H3,(H,34,38)/t20-/m0/s1. The molecular formula is C30H32Cl3N3O5S. The smallest absolute Gasteiger partial charge is 0.264 e. The maximum Gasteiger partial charge on any atom is 0.264 e. The third-order valence-electron chi connectivity index (χ3n) is 7.26. The van der Waals surface area contributed by atoms with Crippen LogP contribution in [0.15, 0.2) is 71.6 Å². The number of ether oxygens (including phenoxy) is 1. The van der Waals surface area contributed by atoms with Crippen LogP contribution in [0.25, 0.3) is 0 Å². The topological polar surface area (TPSA) is 96.0 Å². The quantitative estimate of drug-likeness (QED) is 0.261. The van der Waals surface area contributed by atoms with Crippen LogP contribution in [0.1, 0.15) is 38.2 Å². The molecule has 0 unspecified atom stereocenters. The van der Waals surface area contributed by atoms with Gasteiger partial charge in [0.1, 0.15) is 18.3 Å². The van der Waals surface area contributed by atoms with Crippen molar-refractivity contribution in [2.75, 3.05) is 18.0 Å². The molecule has 0 saturated heterocycles. The van der Waals surface area contributed by atoms with Crippen molar-refractivity contribution < 1.29 is 22.7 Å². The molecular weight excluding hydrogens is 621 g/mol. The number of carbonyl (C=O) groups is 2. The predicted molar refractivity (Wildman–Crippen MR) is 166 cm³/mol. The number of halogens is 3. The Morgan fingerprint density at radius 1 is 0.976 bits per heavy atom. The zero-order valence-corrected chi connectivity index (χ0v) is 26.3. The molecule has 4 rings (SSSR count). The normalized spacial score (nSPS) is 14.3. The number of anilines is 1. The molecule has 1 fully saturated rings. The minimum absolute atomic E-state index is 0.0101. The number of hydrogen-bond donors (Lipinski definition) is 1. The predicted octanol–water partition coefficient (Wildman–Crippen LogP) is 6.33. The van der Waals surface area contributed by atoms with Gasteiger partial charge >= 0.3 is 0 Å². The van der Waals surface area contributed by atoms with Gasteiger partial charge in [-0.05, 0) is 67.8 Å². The van der Waals surface area contributed by atoms with Gasteiger partial charge in [-0.15, -0.1) is 0 Å². The van der Waals surface area contributed by atoms with E-state index in [1.165, 1.54) is 42.3 Å². The minimum Gasteiger partial charge on any atom is -0.495 e. The molecule has 1 aliphatic rings. The molecule has 0 aromatic heterocycles. The first-order chi connectivity index (χ1) is 20.0. The Hall–Kier alpha value is -2.98. The van der Waals surface area contributed by atoms with Gasteiger partial charge in [-0.1, -0.05) is 71.9 Å². The molecule has 224 valence electrons. The molecule has 0 heterocycles. The number of amides is 2. The van der Waals surface area contributed by atoms with Gasteiger partial charge in [0.2, 0.25) is 11.8 Å². The van der Waals surface area contributed by atoms with Crippen LogP contribution in [0.4, 0.5) is 5.69 Å². The number of hydrogen-bond acceptors (Lipinski definition) is 5. The van der Waals surface area contributed by atoms with Crippen LogP contribution >= 0.6 is 34.8 Å². The Balaban J connectivity index is 1.72. The van der Waals surface area contributed by atoms with Crippen LogP contribution in [-0.4, -0.2) is 50.9 Å². The van der Waals surface area contributed by atoms with E-state index in [-0.39, 0.29) is 34.1 Å². The monoisotopic (exact) mass is 651 g/mol. The summed E-state index contributed by atoms with van der Waals surface area (Å²) < 4.78 is 34.0. The Bertz CT molecular complexity index is 1530. The number of nitrogens with one attached hydrogen (secondary N) is 1. The van der Waals surface area contributed by atoms with Crippen molar-refractivity contribution in [3.63, 3.8) is 0 Å². The van der Waals surface area contributed by atoms with Crippen LogP contribution in [0, 0.1) is 0 Å². The highest BCUT2D eigenvalue weighted by atomic mass is 35.5. The summed E-state index contributed by atoms with van der Waals surface area (Å²) in [5.74, 6) is -0.591. The molecule has 1 saturated carbocycles. The van der Waals surface area contributed by atoms with Gasteiger partial charge in [0.15, 0.2) is 0 Å². The third kappa shape index (κ3) is 7.50. The van der Waals surface area contributed by atoms with E-state index in [1.54, 1.807) is 43.3 Å². The Morgan fingerprint density at radius 3 is 2.29 bits per heavy atom. The average Bonchev–Trinajstić information content (AvgIpc) is 3.48. The lowest BCUT2D eigenvalue weighted by atomic mass is 10.1. The zero-order chi connectivity index (χ0) is 30.4. The van der Waals surface area contributed by atoms with Crippen LogP contribution in [0.5, 0.6) is 5.75 Å². The SMILES string of the molecule is COc1ccc(N(CC(=O)N(Cc2ccc(Cl)cc2Cl)[C@@H](C)C(=O)NC2CCCC2)S(=O)(=O)c2ccccc2)cc1Cl. The van der Waals surface area contributed by atoms with Crippen molar-refractivity contribution in [2.45, 2.75) is 56.1 Å². The van der Waals surface area contributed by atoms with Crippen LogP contribution in [0.2, 0.25) is 15.1 Å². The van der Waals surface area contributed by atoms with Gasteiger partial charge in [-0.2, -0.15) is 0 Å². The van der Waals surface area contributed by atoms with Gasteiger partial charge < -0.3 is 15.0 Å². The van der Waals surface area contributed by atoms with Crippen molar-refractivity contribution in [1.82, 2.24) is 10.2 Å². The molecule has 3 aromatic carbocycles. The summed E-state index contributed by atoms with van der Waals surface area (Å²) in [6, 6.07) is 16.2. The first-order valence-electron chi connectivity index (χ1n) is 13.5. The second-order valence-electron chi connectivity index (χ2n) is 10.1. The van der Waals surface area contributed by atoms with Gasteiger partial charge in [0, 0.05) is 22.6 Å². The Kier molecular flexibility index (Phi) is 10.6. The zero-order valence-electron chi connectivity index (χ0n) is 23.2. The van der Waals surface area contributed by atoms with E-state index in [4.69, 9.17) is 39.5 Å². The van der Waals surface area contributed by atoms with Crippen molar-refractivity contribution in [3.05, 3.63) is 87.4 Å². The lowest BCUT2D eigenvalue weighted by Gasteiger charge is -2.32. The lowest BCUT2D eigenvalue weighted by Crippen LogP contribution is -2.52. The van der Waals surface area contributed by atoms with Crippen molar-refractivity contribution in [1.29, 1.82) is 0 Å². The van der Waals surface area contributed by atoms with E-state index in [1.807, 2.05) is 0 Å². The summed E-state index contributed by atoms with van der Waals surface area (Å²) in [7, 11) is -2.78. The summed E-state index contributed by atoms with van der Waals surface area (Å²) in [6.07, 6.45) is 3.80. The third-order valence-corrected chi connectivity index (χ3v) is 9.93. The second-order valence-corrected chi connectivity index (χ2v) is 13.2. The van der Waals surface area contributed by atoms with Gasteiger partial charge in [-0.25, -0.2) is 8.42 Å². The largest absolute Gasteiger partial charge is 0.495 e. The van der Waals surface area contributed by atoms with Gasteiger partial charge in [0.05, 0.1) is 22.7 Å². The average molecular weight is 653 g/mol. The van der Waals surface area contributed by atoms with E-state index in [9.17, 15) is 18.0 Å². The summed E-state index contributed by atoms with van der Waals surface area (Å²) in [5.41, 5.74) is 0.713. The molecule has 0 spiro atoms. The molecule has 12 heteroatoms. The van der Waals surface area contributed by atoms with Crippen LogP contribution < -0.4 is 14.4 Å². The summed E-state index contributed by atoms with van der Waals surface area (Å²) in [4.78, 5) is 28.8. The van der Waals surface area contributed by atoms with Crippen molar-refractivity contribution in [3.8, 4) is 5.75 Å². The number of carbonyl (C=O) groups excluding carboxylic acids is 2. The molecule has 0 aliphatic heterocycles. The van der Waals surface area contributed by atoms with E-state index in [2.05, 4.69) is 5.32 Å². The van der Waals surface area contributed by atoms with E-state index >= 15 is 0 Å². The second kappa shape index (κ2) is 14.0. The maximum absolute atomic E-state index is 14.1. The number of methoxy groups -OCH3 is 1. The molecule has 0 radical (unpaired) electrons. The summed E-state index contributed by atoms with van der Waals surface area (Å²) >= 11 is 18.9. The van der Waals surface area contributed by atoms with Crippen molar-refractivity contribution >= 4 is 62.3 Å². The summed E-state index contributed by atoms with van der Waals surface area (Å²) in [6.45, 7) is 0.967. The fourth-order valence-electron chi connectivity index (χ4n) is 4.87. The highest BCUT2D eigenvalue weighted by Crippen LogP contribution is 2.32. The first kappa shape index (κ1) is 31.9. The van der Waals surface area contributed by atoms with Crippen LogP contribution in [0.3, 0.4) is 0 Å². The molecule has 42 heavy (non-hydrogen) atoms. The summed E-state index contributed by atoms with van der Waals surface area (Å²) in [5, 5.41) is 3.95. The number of benzene rings is 3. The van der Waals surface area contributed by atoms with E-state index in [0.717, 1.165) is 30.0 Å². The molecule has 1 aliphatic carbocycles. The fourth-order valence-corrected chi connectivity index (χ4v) is 7.01. The molecule has 1 N–H and O–H groups in total. The molecule has 1 atom stereocenters. The lowest BCUT2D eigenvalue weighted by molar-refractivity contribution is -0.139. The minimum atomic E-state index is -4.23. The highest BCUT2D eigenvalue weighted by Gasteiger charge is 2.34. The molecule has 2 amide bonds. The van der Waals surface area contributed by atoms with E-state index < -0.39 is 28.5 Å². The molecule has 0 bridgehead atoms. The Morgan fingerprint density at radius 2 is 1.67 bits per heavy atom. The number of rotatable bonds is 11. The van der Waals surface area contributed by atoms with E-state index in [0.29, 0.717) is 21.4 Å². The van der Waals surface area contributed by atoms with Crippen LogP contribution in [-0.2, 0) is 26.2 Å². The number of sulfonamides is 1.